The highest BCUT2D eigenvalue weighted by molar-refractivity contribution is 6.02. The Bertz CT molecular complexity index is 636. The van der Waals surface area contributed by atoms with Crippen molar-refractivity contribution in [2.45, 2.75) is 13.3 Å². The van der Waals surface area contributed by atoms with Crippen molar-refractivity contribution >= 4 is 11.6 Å². The molecule has 0 saturated heterocycles. The number of hydrogen-bond donors (Lipinski definition) is 1. The molecular formula is C14H14N2O4. The monoisotopic (exact) mass is 274 g/mol. The van der Waals surface area contributed by atoms with Gasteiger partial charge in [0.15, 0.2) is 17.2 Å². The fraction of sp³-hybridized carbons (Fsp3) is 0.286. The summed E-state index contributed by atoms with van der Waals surface area (Å²) in [5.74, 6) is 1.60. The van der Waals surface area contributed by atoms with Crippen LogP contribution < -0.4 is 14.8 Å². The van der Waals surface area contributed by atoms with Crippen molar-refractivity contribution in [3.8, 4) is 11.5 Å². The molecule has 6 nitrogen and oxygen atoms in total. The van der Waals surface area contributed by atoms with Gasteiger partial charge in [-0.05, 0) is 19.1 Å². The van der Waals surface area contributed by atoms with E-state index >= 15 is 0 Å². The number of nitrogens with one attached hydrogen (secondary N) is 1. The lowest BCUT2D eigenvalue weighted by atomic mass is 10.2. The van der Waals surface area contributed by atoms with Gasteiger partial charge in [0, 0.05) is 24.2 Å². The molecule has 1 aliphatic heterocycles. The molecule has 2 heterocycles. The Morgan fingerprint density at radius 3 is 2.75 bits per heavy atom. The van der Waals surface area contributed by atoms with E-state index in [1.54, 1.807) is 31.2 Å². The third kappa shape index (κ3) is 2.59. The molecule has 0 spiro atoms. The van der Waals surface area contributed by atoms with Crippen LogP contribution in [0, 0.1) is 6.92 Å². The van der Waals surface area contributed by atoms with Crippen molar-refractivity contribution in [2.24, 2.45) is 0 Å². The number of aromatic nitrogens is 1. The highest BCUT2D eigenvalue weighted by Gasteiger charge is 2.14. The summed E-state index contributed by atoms with van der Waals surface area (Å²) in [6.07, 6.45) is 0.842. The van der Waals surface area contributed by atoms with Gasteiger partial charge in [0.25, 0.3) is 5.91 Å². The molecule has 3 rings (SSSR count). The van der Waals surface area contributed by atoms with Crippen LogP contribution in [0.1, 0.15) is 22.7 Å². The molecule has 104 valence electrons. The molecule has 0 saturated carbocycles. The SMILES string of the molecule is Cc1cc(C(=O)Nc2ccc3c(c2)OCCCO3)no1. The fourth-order valence-electron chi connectivity index (χ4n) is 1.91. The summed E-state index contributed by atoms with van der Waals surface area (Å²) in [5, 5.41) is 6.42. The summed E-state index contributed by atoms with van der Waals surface area (Å²) in [7, 11) is 0. The Kier molecular flexibility index (Phi) is 3.28. The van der Waals surface area contributed by atoms with Crippen molar-refractivity contribution in [3.05, 3.63) is 35.7 Å². The van der Waals surface area contributed by atoms with E-state index in [1.807, 2.05) is 0 Å². The second kappa shape index (κ2) is 5.24. The average Bonchev–Trinajstić information content (AvgIpc) is 2.74. The van der Waals surface area contributed by atoms with Crippen molar-refractivity contribution < 1.29 is 18.8 Å². The van der Waals surface area contributed by atoms with Gasteiger partial charge in [-0.15, -0.1) is 0 Å². The number of hydrogen-bond acceptors (Lipinski definition) is 5. The fourth-order valence-corrected chi connectivity index (χ4v) is 1.91. The number of aryl methyl sites for hydroxylation is 1. The second-order valence-corrected chi connectivity index (χ2v) is 4.49. The highest BCUT2D eigenvalue weighted by Crippen LogP contribution is 2.32. The van der Waals surface area contributed by atoms with Crippen molar-refractivity contribution in [1.29, 1.82) is 0 Å². The molecule has 0 aliphatic carbocycles. The summed E-state index contributed by atoms with van der Waals surface area (Å²) >= 11 is 0. The first-order valence-electron chi connectivity index (χ1n) is 6.37. The minimum Gasteiger partial charge on any atom is -0.490 e. The van der Waals surface area contributed by atoms with Gasteiger partial charge in [0.2, 0.25) is 0 Å². The molecule has 1 amide bonds. The quantitative estimate of drug-likeness (QED) is 0.910. The maximum absolute atomic E-state index is 12.0. The highest BCUT2D eigenvalue weighted by atomic mass is 16.5. The van der Waals surface area contributed by atoms with Gasteiger partial charge in [0.1, 0.15) is 5.76 Å². The summed E-state index contributed by atoms with van der Waals surface area (Å²) in [5.41, 5.74) is 0.870. The van der Waals surface area contributed by atoms with Crippen molar-refractivity contribution in [3.63, 3.8) is 0 Å². The van der Waals surface area contributed by atoms with Gasteiger partial charge in [-0.1, -0.05) is 5.16 Å². The van der Waals surface area contributed by atoms with Crippen molar-refractivity contribution in [2.75, 3.05) is 18.5 Å². The number of benzene rings is 1. The van der Waals surface area contributed by atoms with Gasteiger partial charge in [0.05, 0.1) is 13.2 Å². The molecule has 6 heteroatoms. The van der Waals surface area contributed by atoms with Gasteiger partial charge < -0.3 is 19.3 Å². The minimum atomic E-state index is -0.323. The molecule has 1 aromatic carbocycles. The van der Waals surface area contributed by atoms with Crippen LogP contribution in [0.2, 0.25) is 0 Å². The number of carbonyl (C=O) groups is 1. The maximum atomic E-state index is 12.0. The number of carbonyl (C=O) groups excluding carboxylic acids is 1. The molecule has 0 radical (unpaired) electrons. The lowest BCUT2D eigenvalue weighted by molar-refractivity contribution is 0.101. The predicted octanol–water partition coefficient (Wildman–Crippen LogP) is 2.40. The molecule has 0 unspecified atom stereocenters. The second-order valence-electron chi connectivity index (χ2n) is 4.49. The summed E-state index contributed by atoms with van der Waals surface area (Å²) in [6, 6.07) is 6.87. The van der Waals surface area contributed by atoms with E-state index in [1.165, 1.54) is 0 Å². The van der Waals surface area contributed by atoms with Crippen LogP contribution in [-0.2, 0) is 0 Å². The smallest absolute Gasteiger partial charge is 0.277 e. The molecule has 0 bridgehead atoms. The summed E-state index contributed by atoms with van der Waals surface area (Å²) < 4.78 is 16.0. The largest absolute Gasteiger partial charge is 0.490 e. The third-order valence-corrected chi connectivity index (χ3v) is 2.87. The number of amides is 1. The first-order chi connectivity index (χ1) is 9.72. The zero-order valence-corrected chi connectivity index (χ0v) is 11.0. The normalized spacial score (nSPS) is 13.7. The maximum Gasteiger partial charge on any atom is 0.277 e. The Morgan fingerprint density at radius 2 is 2.00 bits per heavy atom. The van der Waals surface area contributed by atoms with Crippen LogP contribution in [0.25, 0.3) is 0 Å². The molecule has 0 atom stereocenters. The summed E-state index contributed by atoms with van der Waals surface area (Å²) in [6.45, 7) is 2.97. The van der Waals surface area contributed by atoms with Crippen LogP contribution in [-0.4, -0.2) is 24.3 Å². The Labute approximate surface area is 115 Å². The third-order valence-electron chi connectivity index (χ3n) is 2.87. The lowest BCUT2D eigenvalue weighted by Crippen LogP contribution is -2.12. The predicted molar refractivity (Wildman–Crippen MR) is 71.2 cm³/mol. The zero-order valence-electron chi connectivity index (χ0n) is 11.0. The van der Waals surface area contributed by atoms with Gasteiger partial charge >= 0.3 is 0 Å². The van der Waals surface area contributed by atoms with Crippen LogP contribution >= 0.6 is 0 Å². The molecule has 1 aromatic heterocycles. The van der Waals surface area contributed by atoms with Crippen molar-refractivity contribution in [1.82, 2.24) is 5.16 Å². The van der Waals surface area contributed by atoms with Gasteiger partial charge in [-0.2, -0.15) is 0 Å². The average molecular weight is 274 g/mol. The van der Waals surface area contributed by atoms with E-state index in [-0.39, 0.29) is 11.6 Å². The first-order valence-corrected chi connectivity index (χ1v) is 6.37. The number of nitrogens with zero attached hydrogens (tertiary/aromatic N) is 1. The number of ether oxygens (including phenoxy) is 2. The van der Waals surface area contributed by atoms with E-state index < -0.39 is 0 Å². The van der Waals surface area contributed by atoms with Gasteiger partial charge in [-0.3, -0.25) is 4.79 Å². The van der Waals surface area contributed by atoms with E-state index in [0.29, 0.717) is 36.2 Å². The lowest BCUT2D eigenvalue weighted by Gasteiger charge is -2.09. The Hall–Kier alpha value is -2.50. The Morgan fingerprint density at radius 1 is 1.20 bits per heavy atom. The van der Waals surface area contributed by atoms with E-state index in [9.17, 15) is 4.79 Å². The molecule has 1 aliphatic rings. The standard InChI is InChI=1S/C14H14N2O4/c1-9-7-11(16-20-9)14(17)15-10-3-4-12-13(8-10)19-6-2-5-18-12/h3-4,7-8H,2,5-6H2,1H3,(H,15,17). The number of rotatable bonds is 2. The van der Waals surface area contributed by atoms with E-state index in [0.717, 1.165) is 6.42 Å². The zero-order chi connectivity index (χ0) is 13.9. The van der Waals surface area contributed by atoms with Crippen LogP contribution in [0.3, 0.4) is 0 Å². The molecule has 2 aromatic rings. The number of fused-ring (bicyclic) bond motifs is 1. The number of anilines is 1. The minimum absolute atomic E-state index is 0.245. The van der Waals surface area contributed by atoms with Gasteiger partial charge in [-0.25, -0.2) is 0 Å². The molecule has 1 N–H and O–H groups in total. The molecule has 0 fully saturated rings. The molecular weight excluding hydrogens is 260 g/mol. The van der Waals surface area contributed by atoms with Crippen LogP contribution in [0.5, 0.6) is 11.5 Å². The van der Waals surface area contributed by atoms with E-state index in [4.69, 9.17) is 14.0 Å². The topological polar surface area (TPSA) is 73.6 Å². The van der Waals surface area contributed by atoms with Crippen LogP contribution in [0.4, 0.5) is 5.69 Å². The Balaban J connectivity index is 1.77. The van der Waals surface area contributed by atoms with Crippen LogP contribution in [0.15, 0.2) is 28.8 Å². The molecule has 20 heavy (non-hydrogen) atoms. The first kappa shape index (κ1) is 12.5. The van der Waals surface area contributed by atoms with E-state index in [2.05, 4.69) is 10.5 Å². The summed E-state index contributed by atoms with van der Waals surface area (Å²) in [4.78, 5) is 12.0.